The highest BCUT2D eigenvalue weighted by molar-refractivity contribution is 6.40. The Morgan fingerprint density at radius 2 is 1.68 bits per heavy atom. The monoisotopic (exact) mass is 338 g/mol. The van der Waals surface area contributed by atoms with Crippen LogP contribution in [0.4, 0.5) is 0 Å². The maximum atomic E-state index is 12.0. The molecule has 2 aromatic carbocycles. The van der Waals surface area contributed by atoms with Crippen LogP contribution in [0, 0.1) is 0 Å². The lowest BCUT2D eigenvalue weighted by atomic mass is 10.1. The van der Waals surface area contributed by atoms with Crippen molar-refractivity contribution in [1.29, 1.82) is 0 Å². The molecule has 4 heteroatoms. The number of hydrogen-bond acceptors (Lipinski definition) is 2. The normalized spacial score (nSPS) is 10.9. The van der Waals surface area contributed by atoms with Gasteiger partial charge in [0.05, 0.1) is 10.0 Å². The zero-order valence-corrected chi connectivity index (χ0v) is 14.2. The first-order chi connectivity index (χ1) is 10.6. The molecule has 0 aliphatic rings. The summed E-state index contributed by atoms with van der Waals surface area (Å²) < 4.78 is 5.49. The molecule has 0 heterocycles. The molecule has 0 saturated heterocycles. The van der Waals surface area contributed by atoms with E-state index in [1.165, 1.54) is 12.8 Å². The lowest BCUT2D eigenvalue weighted by Gasteiger charge is -2.11. The SMILES string of the molecule is CCCCCCCC(=O)Oc1c(Cl)cc(Cl)c2ccccc12. The summed E-state index contributed by atoms with van der Waals surface area (Å²) in [6.07, 6.45) is 5.88. The van der Waals surface area contributed by atoms with Gasteiger partial charge in [0.25, 0.3) is 0 Å². The molecule has 2 rings (SSSR count). The number of rotatable bonds is 7. The molecular weight excluding hydrogens is 319 g/mol. The van der Waals surface area contributed by atoms with Gasteiger partial charge in [0.1, 0.15) is 0 Å². The molecule has 0 amide bonds. The number of halogens is 2. The largest absolute Gasteiger partial charge is 0.424 e. The number of carbonyl (C=O) groups is 1. The Morgan fingerprint density at radius 1 is 1.00 bits per heavy atom. The third-order valence-electron chi connectivity index (χ3n) is 3.60. The molecule has 0 atom stereocenters. The van der Waals surface area contributed by atoms with Crippen LogP contribution in [0.15, 0.2) is 30.3 Å². The number of esters is 1. The van der Waals surface area contributed by atoms with E-state index in [1.54, 1.807) is 6.07 Å². The standard InChI is InChI=1S/C18H20Cl2O2/c1-2-3-4-5-6-11-17(21)22-18-14-10-8-7-9-13(14)15(19)12-16(18)20/h7-10,12H,2-6,11H2,1H3. The fraction of sp³-hybridized carbons (Fsp3) is 0.389. The van der Waals surface area contributed by atoms with Gasteiger partial charge in [0.15, 0.2) is 5.75 Å². The minimum atomic E-state index is -0.245. The van der Waals surface area contributed by atoms with Gasteiger partial charge in [0.2, 0.25) is 0 Å². The topological polar surface area (TPSA) is 26.3 Å². The smallest absolute Gasteiger partial charge is 0.311 e. The van der Waals surface area contributed by atoms with E-state index >= 15 is 0 Å². The van der Waals surface area contributed by atoms with Crippen molar-refractivity contribution in [3.8, 4) is 5.75 Å². The predicted molar refractivity (Wildman–Crippen MR) is 93.0 cm³/mol. The van der Waals surface area contributed by atoms with Crippen LogP contribution in [0.2, 0.25) is 10.0 Å². The number of hydrogen-bond donors (Lipinski definition) is 0. The minimum absolute atomic E-state index is 0.245. The van der Waals surface area contributed by atoms with Crippen molar-refractivity contribution in [2.75, 3.05) is 0 Å². The van der Waals surface area contributed by atoms with Crippen LogP contribution in [0.25, 0.3) is 10.8 Å². The molecule has 0 aliphatic heterocycles. The highest BCUT2D eigenvalue weighted by Gasteiger charge is 2.14. The zero-order chi connectivity index (χ0) is 15.9. The molecule has 0 saturated carbocycles. The number of ether oxygens (including phenoxy) is 1. The van der Waals surface area contributed by atoms with Crippen LogP contribution in [-0.2, 0) is 4.79 Å². The van der Waals surface area contributed by atoms with Gasteiger partial charge < -0.3 is 4.74 Å². The molecular formula is C18H20Cl2O2. The summed E-state index contributed by atoms with van der Waals surface area (Å²) in [4.78, 5) is 12.0. The van der Waals surface area contributed by atoms with Crippen LogP contribution in [-0.4, -0.2) is 5.97 Å². The van der Waals surface area contributed by atoms with Gasteiger partial charge in [-0.15, -0.1) is 0 Å². The Balaban J connectivity index is 2.06. The Kier molecular flexibility index (Phi) is 6.53. The molecule has 0 aliphatic carbocycles. The Bertz CT molecular complexity index is 653. The lowest BCUT2D eigenvalue weighted by molar-refractivity contribution is -0.134. The number of benzene rings is 2. The van der Waals surface area contributed by atoms with E-state index in [9.17, 15) is 4.79 Å². The van der Waals surface area contributed by atoms with Crippen LogP contribution < -0.4 is 4.74 Å². The third kappa shape index (κ3) is 4.37. The summed E-state index contributed by atoms with van der Waals surface area (Å²) >= 11 is 12.4. The van der Waals surface area contributed by atoms with E-state index in [4.69, 9.17) is 27.9 Å². The van der Waals surface area contributed by atoms with Gasteiger partial charge in [-0.3, -0.25) is 4.79 Å². The van der Waals surface area contributed by atoms with E-state index in [1.807, 2.05) is 24.3 Å². The molecule has 118 valence electrons. The average molecular weight is 339 g/mol. The maximum Gasteiger partial charge on any atom is 0.311 e. The second-order valence-electron chi connectivity index (χ2n) is 5.35. The van der Waals surface area contributed by atoms with E-state index in [0.29, 0.717) is 22.2 Å². The second kappa shape index (κ2) is 8.40. The predicted octanol–water partition coefficient (Wildman–Crippen LogP) is 6.41. The highest BCUT2D eigenvalue weighted by atomic mass is 35.5. The fourth-order valence-corrected chi connectivity index (χ4v) is 2.99. The van der Waals surface area contributed by atoms with E-state index in [-0.39, 0.29) is 5.97 Å². The first-order valence-corrected chi connectivity index (χ1v) is 8.46. The summed E-state index contributed by atoms with van der Waals surface area (Å²) in [6.45, 7) is 2.17. The molecule has 22 heavy (non-hydrogen) atoms. The van der Waals surface area contributed by atoms with Gasteiger partial charge in [-0.1, -0.05) is 80.1 Å². The number of unbranched alkanes of at least 4 members (excludes halogenated alkanes) is 4. The van der Waals surface area contributed by atoms with Crippen molar-refractivity contribution < 1.29 is 9.53 Å². The van der Waals surface area contributed by atoms with Crippen LogP contribution in [0.3, 0.4) is 0 Å². The highest BCUT2D eigenvalue weighted by Crippen LogP contribution is 2.38. The van der Waals surface area contributed by atoms with E-state index in [2.05, 4.69) is 6.92 Å². The average Bonchev–Trinajstić information content (AvgIpc) is 2.51. The molecule has 0 N–H and O–H groups in total. The Labute approximate surface area is 141 Å². The summed E-state index contributed by atoms with van der Waals surface area (Å²) in [7, 11) is 0. The van der Waals surface area contributed by atoms with E-state index in [0.717, 1.165) is 30.0 Å². The van der Waals surface area contributed by atoms with Gasteiger partial charge in [-0.25, -0.2) is 0 Å². The molecule has 0 bridgehead atoms. The Morgan fingerprint density at radius 3 is 2.41 bits per heavy atom. The first kappa shape index (κ1) is 17.1. The third-order valence-corrected chi connectivity index (χ3v) is 4.19. The summed E-state index contributed by atoms with van der Waals surface area (Å²) in [5.74, 6) is 0.158. The van der Waals surface area contributed by atoms with Crippen molar-refractivity contribution >= 4 is 39.9 Å². The quantitative estimate of drug-likeness (QED) is 0.331. The van der Waals surface area contributed by atoms with Crippen molar-refractivity contribution in [3.05, 3.63) is 40.4 Å². The maximum absolute atomic E-state index is 12.0. The van der Waals surface area contributed by atoms with E-state index < -0.39 is 0 Å². The second-order valence-corrected chi connectivity index (χ2v) is 6.17. The van der Waals surface area contributed by atoms with Crippen LogP contribution in [0.1, 0.15) is 45.4 Å². The van der Waals surface area contributed by atoms with Crippen molar-refractivity contribution in [2.45, 2.75) is 45.4 Å². The summed E-state index contributed by atoms with van der Waals surface area (Å²) in [6, 6.07) is 9.13. The number of fused-ring (bicyclic) bond motifs is 1. The fourth-order valence-electron chi connectivity index (χ4n) is 2.41. The van der Waals surface area contributed by atoms with Gasteiger partial charge >= 0.3 is 5.97 Å². The van der Waals surface area contributed by atoms with Crippen molar-refractivity contribution in [1.82, 2.24) is 0 Å². The molecule has 2 aromatic rings. The summed E-state index contributed by atoms with van der Waals surface area (Å²) in [5, 5.41) is 2.52. The molecule has 0 spiro atoms. The number of carbonyl (C=O) groups excluding carboxylic acids is 1. The van der Waals surface area contributed by atoms with Gasteiger partial charge in [0, 0.05) is 17.2 Å². The lowest BCUT2D eigenvalue weighted by Crippen LogP contribution is -2.08. The molecule has 0 aromatic heterocycles. The molecule has 2 nitrogen and oxygen atoms in total. The van der Waals surface area contributed by atoms with Crippen LogP contribution >= 0.6 is 23.2 Å². The first-order valence-electron chi connectivity index (χ1n) is 7.71. The zero-order valence-electron chi connectivity index (χ0n) is 12.7. The minimum Gasteiger partial charge on any atom is -0.424 e. The molecule has 0 radical (unpaired) electrons. The van der Waals surface area contributed by atoms with Crippen molar-refractivity contribution in [2.24, 2.45) is 0 Å². The van der Waals surface area contributed by atoms with Gasteiger partial charge in [-0.2, -0.15) is 0 Å². The Hall–Kier alpha value is -1.25. The molecule has 0 fully saturated rings. The van der Waals surface area contributed by atoms with Crippen molar-refractivity contribution in [3.63, 3.8) is 0 Å². The van der Waals surface area contributed by atoms with Crippen LogP contribution in [0.5, 0.6) is 5.75 Å². The summed E-state index contributed by atoms with van der Waals surface area (Å²) in [5.41, 5.74) is 0. The van der Waals surface area contributed by atoms with Gasteiger partial charge in [-0.05, 0) is 12.5 Å². The molecule has 0 unspecified atom stereocenters.